The Morgan fingerprint density at radius 1 is 1.32 bits per heavy atom. The van der Waals surface area contributed by atoms with E-state index in [9.17, 15) is 4.79 Å². The van der Waals surface area contributed by atoms with Crippen LogP contribution in [0.1, 0.15) is 23.4 Å². The fourth-order valence-corrected chi connectivity index (χ4v) is 2.80. The van der Waals surface area contributed by atoms with Gasteiger partial charge in [-0.15, -0.1) is 11.3 Å². The zero-order valence-corrected chi connectivity index (χ0v) is 11.9. The summed E-state index contributed by atoms with van der Waals surface area (Å²) in [5.74, 6) is -0.239. The summed E-state index contributed by atoms with van der Waals surface area (Å²) in [6.07, 6.45) is 0. The third-order valence-electron chi connectivity index (χ3n) is 2.77. The van der Waals surface area contributed by atoms with Crippen molar-refractivity contribution in [2.45, 2.75) is 19.9 Å². The highest BCUT2D eigenvalue weighted by Crippen LogP contribution is 2.28. The molecule has 0 saturated heterocycles. The lowest BCUT2D eigenvalue weighted by atomic mass is 10.1. The summed E-state index contributed by atoms with van der Waals surface area (Å²) in [5.41, 5.74) is 2.01. The monoisotopic (exact) mass is 275 g/mol. The third-order valence-corrected chi connectivity index (χ3v) is 3.85. The minimum Gasteiger partial charge on any atom is -0.464 e. The van der Waals surface area contributed by atoms with Gasteiger partial charge in [0.15, 0.2) is 6.04 Å². The van der Waals surface area contributed by atoms with Gasteiger partial charge < -0.3 is 10.1 Å². The van der Waals surface area contributed by atoms with Gasteiger partial charge in [0.1, 0.15) is 0 Å². The summed E-state index contributed by atoms with van der Waals surface area (Å²) in [5, 5.41) is 5.23. The van der Waals surface area contributed by atoms with Crippen LogP contribution in [0.4, 0.5) is 5.69 Å². The first-order valence-electron chi connectivity index (χ1n) is 6.24. The first-order chi connectivity index (χ1) is 9.22. The zero-order valence-electron chi connectivity index (χ0n) is 11.1. The number of ether oxygens (including phenoxy) is 1. The summed E-state index contributed by atoms with van der Waals surface area (Å²) in [7, 11) is 0. The number of carbonyl (C=O) groups excluding carboxylic acids is 1. The lowest BCUT2D eigenvalue weighted by Crippen LogP contribution is -2.23. The van der Waals surface area contributed by atoms with Crippen molar-refractivity contribution >= 4 is 23.0 Å². The maximum atomic E-state index is 12.1. The molecule has 3 nitrogen and oxygen atoms in total. The van der Waals surface area contributed by atoms with Crippen LogP contribution >= 0.6 is 11.3 Å². The molecule has 0 bridgehead atoms. The topological polar surface area (TPSA) is 38.3 Å². The van der Waals surface area contributed by atoms with Crippen LogP contribution in [0.25, 0.3) is 0 Å². The van der Waals surface area contributed by atoms with Crippen molar-refractivity contribution in [3.05, 3.63) is 52.2 Å². The molecule has 2 aromatic rings. The molecule has 1 aromatic carbocycles. The van der Waals surface area contributed by atoms with E-state index in [0.717, 1.165) is 16.1 Å². The fraction of sp³-hybridized carbons (Fsp3) is 0.267. The van der Waals surface area contributed by atoms with Crippen LogP contribution in [0.5, 0.6) is 0 Å². The number of hydrogen-bond donors (Lipinski definition) is 1. The van der Waals surface area contributed by atoms with Gasteiger partial charge in [-0.05, 0) is 43.0 Å². The molecule has 0 saturated carbocycles. The van der Waals surface area contributed by atoms with Gasteiger partial charge in [0, 0.05) is 10.6 Å². The molecular weight excluding hydrogens is 258 g/mol. The van der Waals surface area contributed by atoms with Crippen molar-refractivity contribution in [1.82, 2.24) is 0 Å². The van der Waals surface area contributed by atoms with E-state index in [2.05, 4.69) is 5.32 Å². The molecule has 1 atom stereocenters. The van der Waals surface area contributed by atoms with E-state index < -0.39 is 6.04 Å². The molecule has 1 heterocycles. The normalized spacial score (nSPS) is 11.9. The van der Waals surface area contributed by atoms with Gasteiger partial charge in [-0.1, -0.05) is 18.2 Å². The van der Waals surface area contributed by atoms with E-state index in [1.165, 1.54) is 0 Å². The number of esters is 1. The third kappa shape index (κ3) is 3.35. The van der Waals surface area contributed by atoms with E-state index in [1.54, 1.807) is 11.3 Å². The van der Waals surface area contributed by atoms with Crippen molar-refractivity contribution in [3.8, 4) is 0 Å². The number of para-hydroxylation sites is 1. The molecule has 100 valence electrons. The van der Waals surface area contributed by atoms with E-state index >= 15 is 0 Å². The van der Waals surface area contributed by atoms with E-state index in [-0.39, 0.29) is 5.97 Å². The van der Waals surface area contributed by atoms with Gasteiger partial charge >= 0.3 is 5.97 Å². The molecule has 4 heteroatoms. The number of anilines is 1. The van der Waals surface area contributed by atoms with Crippen molar-refractivity contribution in [2.24, 2.45) is 0 Å². The average molecular weight is 275 g/mol. The summed E-state index contributed by atoms with van der Waals surface area (Å²) >= 11 is 1.57. The Balaban J connectivity index is 2.25. The van der Waals surface area contributed by atoms with Crippen LogP contribution < -0.4 is 5.32 Å². The number of carbonyl (C=O) groups is 1. The summed E-state index contributed by atoms with van der Waals surface area (Å²) in [4.78, 5) is 13.1. The van der Waals surface area contributed by atoms with Gasteiger partial charge in [0.2, 0.25) is 0 Å². The molecular formula is C15H17NO2S. The van der Waals surface area contributed by atoms with Crippen LogP contribution in [-0.2, 0) is 9.53 Å². The van der Waals surface area contributed by atoms with Crippen LogP contribution in [0.3, 0.4) is 0 Å². The van der Waals surface area contributed by atoms with E-state index in [1.807, 2.05) is 55.6 Å². The van der Waals surface area contributed by atoms with Crippen LogP contribution in [0, 0.1) is 6.92 Å². The predicted octanol–water partition coefficient (Wildman–Crippen LogP) is 3.77. The van der Waals surface area contributed by atoms with Crippen LogP contribution in [0.2, 0.25) is 0 Å². The van der Waals surface area contributed by atoms with Gasteiger partial charge in [-0.2, -0.15) is 0 Å². The maximum absolute atomic E-state index is 12.1. The van der Waals surface area contributed by atoms with Gasteiger partial charge in [-0.25, -0.2) is 4.79 Å². The average Bonchev–Trinajstić information content (AvgIpc) is 2.83. The molecule has 19 heavy (non-hydrogen) atoms. The molecule has 0 aliphatic heterocycles. The Kier molecular flexibility index (Phi) is 4.58. The molecule has 0 amide bonds. The van der Waals surface area contributed by atoms with Crippen molar-refractivity contribution < 1.29 is 9.53 Å². The molecule has 2 rings (SSSR count). The standard InChI is InChI=1S/C15H17NO2S/c1-3-18-15(17)13(14-11(2)9-10-19-14)16-12-7-5-4-6-8-12/h4-10,13,16H,3H2,1-2H3. The quantitative estimate of drug-likeness (QED) is 0.844. The van der Waals surface area contributed by atoms with Crippen molar-refractivity contribution in [1.29, 1.82) is 0 Å². The largest absolute Gasteiger partial charge is 0.464 e. The zero-order chi connectivity index (χ0) is 13.7. The first-order valence-corrected chi connectivity index (χ1v) is 7.12. The number of hydrogen-bond acceptors (Lipinski definition) is 4. The maximum Gasteiger partial charge on any atom is 0.334 e. The highest BCUT2D eigenvalue weighted by Gasteiger charge is 2.24. The van der Waals surface area contributed by atoms with Crippen molar-refractivity contribution in [2.75, 3.05) is 11.9 Å². The Hall–Kier alpha value is -1.81. The molecule has 1 aromatic heterocycles. The van der Waals surface area contributed by atoms with E-state index in [0.29, 0.717) is 6.61 Å². The molecule has 0 fully saturated rings. The predicted molar refractivity (Wildman–Crippen MR) is 78.5 cm³/mol. The fourth-order valence-electron chi connectivity index (χ4n) is 1.84. The second-order valence-electron chi connectivity index (χ2n) is 4.16. The molecule has 0 radical (unpaired) electrons. The molecule has 0 spiro atoms. The Morgan fingerprint density at radius 3 is 2.63 bits per heavy atom. The van der Waals surface area contributed by atoms with Crippen LogP contribution in [-0.4, -0.2) is 12.6 Å². The lowest BCUT2D eigenvalue weighted by Gasteiger charge is -2.18. The number of rotatable bonds is 5. The lowest BCUT2D eigenvalue weighted by molar-refractivity contribution is -0.144. The highest BCUT2D eigenvalue weighted by atomic mass is 32.1. The molecule has 1 N–H and O–H groups in total. The van der Waals surface area contributed by atoms with Crippen LogP contribution in [0.15, 0.2) is 41.8 Å². The second-order valence-corrected chi connectivity index (χ2v) is 5.11. The minimum atomic E-state index is -0.442. The summed E-state index contributed by atoms with van der Waals surface area (Å²) in [6, 6.07) is 11.3. The number of benzene rings is 1. The summed E-state index contributed by atoms with van der Waals surface area (Å²) in [6.45, 7) is 4.21. The number of nitrogens with one attached hydrogen (secondary N) is 1. The SMILES string of the molecule is CCOC(=O)C(Nc1ccccc1)c1sccc1C. The molecule has 0 aliphatic rings. The smallest absolute Gasteiger partial charge is 0.334 e. The number of aryl methyl sites for hydroxylation is 1. The second kappa shape index (κ2) is 6.38. The Labute approximate surface area is 117 Å². The van der Waals surface area contributed by atoms with Crippen molar-refractivity contribution in [3.63, 3.8) is 0 Å². The number of thiophene rings is 1. The van der Waals surface area contributed by atoms with Gasteiger partial charge in [0.25, 0.3) is 0 Å². The Morgan fingerprint density at radius 2 is 2.05 bits per heavy atom. The van der Waals surface area contributed by atoms with Gasteiger partial charge in [0.05, 0.1) is 6.61 Å². The Bertz CT molecular complexity index is 536. The first kappa shape index (κ1) is 13.6. The minimum absolute atomic E-state index is 0.239. The van der Waals surface area contributed by atoms with Gasteiger partial charge in [-0.3, -0.25) is 0 Å². The summed E-state index contributed by atoms with van der Waals surface area (Å²) < 4.78 is 5.16. The highest BCUT2D eigenvalue weighted by molar-refractivity contribution is 7.10. The molecule has 0 aliphatic carbocycles. The molecule has 1 unspecified atom stereocenters. The van der Waals surface area contributed by atoms with E-state index in [4.69, 9.17) is 4.74 Å².